The van der Waals surface area contributed by atoms with Crippen LogP contribution in [0.4, 0.5) is 0 Å². The number of phenols is 1. The van der Waals surface area contributed by atoms with Crippen LogP contribution < -0.4 is 5.32 Å². The van der Waals surface area contributed by atoms with E-state index in [0.29, 0.717) is 12.1 Å². The minimum Gasteiger partial charge on any atom is -0.508 e. The smallest absolute Gasteiger partial charge is 0.116 e. The van der Waals surface area contributed by atoms with Crippen molar-refractivity contribution in [3.8, 4) is 5.75 Å². The molecule has 0 spiro atoms. The zero-order valence-electron chi connectivity index (χ0n) is 9.86. The normalized spacial score (nSPS) is 14.8. The van der Waals surface area contributed by atoms with Crippen molar-refractivity contribution in [2.24, 2.45) is 0 Å². The number of likely N-dealkylation sites (N-methyl/N-ethyl adjacent to an activating group) is 1. The summed E-state index contributed by atoms with van der Waals surface area (Å²) in [7, 11) is 1.71. The maximum absolute atomic E-state index is 10.0. The molecule has 0 radical (unpaired) electrons. The molecule has 1 rings (SSSR count). The van der Waals surface area contributed by atoms with Gasteiger partial charge in [0.1, 0.15) is 11.9 Å². The zero-order valence-corrected chi connectivity index (χ0v) is 9.86. The first-order chi connectivity index (χ1) is 7.47. The Labute approximate surface area is 95.6 Å². The maximum atomic E-state index is 10.0. The lowest BCUT2D eigenvalue weighted by atomic mass is 9.94. The molecule has 1 aromatic carbocycles. The van der Waals surface area contributed by atoms with Gasteiger partial charge in [0.25, 0.3) is 0 Å². The molecule has 1 aromatic rings. The highest BCUT2D eigenvalue weighted by Gasteiger charge is 2.21. The van der Waals surface area contributed by atoms with Crippen molar-refractivity contribution >= 4 is 0 Å². The van der Waals surface area contributed by atoms with Crippen molar-refractivity contribution in [3.05, 3.63) is 28.8 Å². The Bertz CT molecular complexity index is 342. The van der Waals surface area contributed by atoms with E-state index in [-0.39, 0.29) is 5.75 Å². The third-order valence-electron chi connectivity index (χ3n) is 2.65. The third-order valence-corrected chi connectivity index (χ3v) is 2.65. The molecule has 0 aromatic heterocycles. The Hall–Kier alpha value is -1.10. The largest absolute Gasteiger partial charge is 0.508 e. The highest BCUT2D eigenvalue weighted by molar-refractivity contribution is 5.42. The minimum absolute atomic E-state index is 0.175. The molecule has 0 bridgehead atoms. The van der Waals surface area contributed by atoms with Crippen LogP contribution in [0.25, 0.3) is 0 Å². The van der Waals surface area contributed by atoms with E-state index in [0.717, 1.165) is 11.1 Å². The van der Waals surface area contributed by atoms with Crippen LogP contribution in [0.3, 0.4) is 0 Å². The number of aliphatic hydroxyl groups excluding tert-OH is 2. The van der Waals surface area contributed by atoms with E-state index in [1.54, 1.807) is 33.0 Å². The van der Waals surface area contributed by atoms with Gasteiger partial charge >= 0.3 is 0 Å². The lowest BCUT2D eigenvalue weighted by Gasteiger charge is -2.21. The topological polar surface area (TPSA) is 72.7 Å². The Morgan fingerprint density at radius 1 is 1.19 bits per heavy atom. The molecular formula is C12H19NO3. The fourth-order valence-electron chi connectivity index (χ4n) is 1.93. The summed E-state index contributed by atoms with van der Waals surface area (Å²) in [6.45, 7) is 3.93. The van der Waals surface area contributed by atoms with Crippen LogP contribution in [0.1, 0.15) is 22.8 Å². The van der Waals surface area contributed by atoms with E-state index < -0.39 is 12.2 Å². The standard InChI is InChI=1S/C12H19NO3/c1-7-4-9(14)5-8(2)11(7)12(16)10(15)6-13-3/h4-5,10,12-16H,6H2,1-3H3. The summed E-state index contributed by atoms with van der Waals surface area (Å²) < 4.78 is 0. The van der Waals surface area contributed by atoms with Gasteiger partial charge in [-0.15, -0.1) is 0 Å². The van der Waals surface area contributed by atoms with E-state index in [4.69, 9.17) is 0 Å². The molecule has 2 atom stereocenters. The molecule has 0 aliphatic rings. The molecule has 0 amide bonds. The van der Waals surface area contributed by atoms with Crippen LogP contribution >= 0.6 is 0 Å². The van der Waals surface area contributed by atoms with Crippen LogP contribution in [-0.4, -0.2) is 35.0 Å². The van der Waals surface area contributed by atoms with Crippen LogP contribution in [-0.2, 0) is 0 Å². The first-order valence-corrected chi connectivity index (χ1v) is 5.28. The van der Waals surface area contributed by atoms with Crippen molar-refractivity contribution in [2.45, 2.75) is 26.1 Å². The minimum atomic E-state index is -0.937. The number of phenolic OH excluding ortho intramolecular Hbond substituents is 1. The van der Waals surface area contributed by atoms with E-state index >= 15 is 0 Å². The van der Waals surface area contributed by atoms with Crippen LogP contribution in [0, 0.1) is 13.8 Å². The van der Waals surface area contributed by atoms with Crippen molar-refractivity contribution in [2.75, 3.05) is 13.6 Å². The maximum Gasteiger partial charge on any atom is 0.116 e. The fourth-order valence-corrected chi connectivity index (χ4v) is 1.93. The molecule has 0 fully saturated rings. The number of hydrogen-bond donors (Lipinski definition) is 4. The second-order valence-electron chi connectivity index (χ2n) is 4.06. The molecule has 0 aliphatic heterocycles. The molecule has 0 aliphatic carbocycles. The van der Waals surface area contributed by atoms with Crippen molar-refractivity contribution in [3.63, 3.8) is 0 Å². The highest BCUT2D eigenvalue weighted by Crippen LogP contribution is 2.28. The second-order valence-corrected chi connectivity index (χ2v) is 4.06. The first-order valence-electron chi connectivity index (χ1n) is 5.28. The van der Waals surface area contributed by atoms with Gasteiger partial charge in [-0.2, -0.15) is 0 Å². The summed E-state index contributed by atoms with van der Waals surface area (Å²) in [4.78, 5) is 0. The van der Waals surface area contributed by atoms with Gasteiger partial charge in [-0.25, -0.2) is 0 Å². The van der Waals surface area contributed by atoms with Crippen LogP contribution in [0.15, 0.2) is 12.1 Å². The van der Waals surface area contributed by atoms with Gasteiger partial charge in [0, 0.05) is 6.54 Å². The van der Waals surface area contributed by atoms with Crippen molar-refractivity contribution in [1.82, 2.24) is 5.32 Å². The Morgan fingerprint density at radius 3 is 2.12 bits per heavy atom. The van der Waals surface area contributed by atoms with Crippen LogP contribution in [0.2, 0.25) is 0 Å². The number of benzene rings is 1. The average Bonchev–Trinajstić information content (AvgIpc) is 2.16. The number of rotatable bonds is 4. The first kappa shape index (κ1) is 13.0. The predicted molar refractivity (Wildman–Crippen MR) is 62.5 cm³/mol. The second kappa shape index (κ2) is 5.30. The molecular weight excluding hydrogens is 206 g/mol. The molecule has 2 unspecified atom stereocenters. The number of aryl methyl sites for hydroxylation is 2. The Balaban J connectivity index is 3.03. The highest BCUT2D eigenvalue weighted by atomic mass is 16.3. The average molecular weight is 225 g/mol. The monoisotopic (exact) mass is 225 g/mol. The van der Waals surface area contributed by atoms with E-state index in [9.17, 15) is 15.3 Å². The fraction of sp³-hybridized carbons (Fsp3) is 0.500. The van der Waals surface area contributed by atoms with Crippen LogP contribution in [0.5, 0.6) is 5.75 Å². The van der Waals surface area contributed by atoms with Gasteiger partial charge in [0.2, 0.25) is 0 Å². The van der Waals surface area contributed by atoms with Gasteiger partial charge in [0.15, 0.2) is 0 Å². The van der Waals surface area contributed by atoms with Crippen molar-refractivity contribution < 1.29 is 15.3 Å². The van der Waals surface area contributed by atoms with E-state index in [1.165, 1.54) is 0 Å². The van der Waals surface area contributed by atoms with Gasteiger partial charge in [-0.3, -0.25) is 0 Å². The third kappa shape index (κ3) is 2.72. The van der Waals surface area contributed by atoms with E-state index in [2.05, 4.69) is 5.32 Å². The molecule has 0 saturated carbocycles. The van der Waals surface area contributed by atoms with E-state index in [1.807, 2.05) is 0 Å². The summed E-state index contributed by atoms with van der Waals surface area (Å²) in [6.07, 6.45) is -1.79. The van der Waals surface area contributed by atoms with Gasteiger partial charge in [-0.1, -0.05) is 0 Å². The summed E-state index contributed by atoms with van der Waals surface area (Å²) >= 11 is 0. The number of aliphatic hydroxyl groups is 2. The van der Waals surface area contributed by atoms with Gasteiger partial charge in [0.05, 0.1) is 6.10 Å². The lowest BCUT2D eigenvalue weighted by molar-refractivity contribution is 0.0195. The van der Waals surface area contributed by atoms with Crippen molar-refractivity contribution in [1.29, 1.82) is 0 Å². The summed E-state index contributed by atoms with van der Waals surface area (Å²) in [5, 5.41) is 31.9. The number of hydrogen-bond acceptors (Lipinski definition) is 4. The molecule has 4 N–H and O–H groups in total. The van der Waals surface area contributed by atoms with Gasteiger partial charge in [-0.05, 0) is 49.7 Å². The molecule has 0 heterocycles. The quantitative estimate of drug-likeness (QED) is 0.606. The summed E-state index contributed by atoms with van der Waals surface area (Å²) in [5.41, 5.74) is 2.24. The lowest BCUT2D eigenvalue weighted by Crippen LogP contribution is -2.30. The van der Waals surface area contributed by atoms with Gasteiger partial charge < -0.3 is 20.6 Å². The SMILES string of the molecule is CNCC(O)C(O)c1c(C)cc(O)cc1C. The summed E-state index contributed by atoms with van der Waals surface area (Å²) in [6, 6.07) is 3.16. The predicted octanol–water partition coefficient (Wildman–Crippen LogP) is 0.623. The molecule has 4 nitrogen and oxygen atoms in total. The molecule has 16 heavy (non-hydrogen) atoms. The number of aromatic hydroxyl groups is 1. The molecule has 90 valence electrons. The summed E-state index contributed by atoms with van der Waals surface area (Å²) in [5.74, 6) is 0.175. The Kier molecular flexibility index (Phi) is 4.29. The zero-order chi connectivity index (χ0) is 12.3. The molecule has 0 saturated heterocycles. The Morgan fingerprint density at radius 2 is 1.69 bits per heavy atom. The number of nitrogens with one attached hydrogen (secondary N) is 1. The molecule has 4 heteroatoms.